The average molecular weight is 301 g/mol. The molecule has 0 fully saturated rings. The van der Waals surface area contributed by atoms with Crippen LogP contribution in [0.3, 0.4) is 0 Å². The van der Waals surface area contributed by atoms with Crippen LogP contribution in [-0.2, 0) is 6.54 Å². The molecule has 0 spiro atoms. The van der Waals surface area contributed by atoms with Crippen LogP contribution in [-0.4, -0.2) is 65.6 Å². The zero-order valence-electron chi connectivity index (χ0n) is 13.3. The number of halogens is 1. The zero-order chi connectivity index (χ0) is 15.5. The molecule has 0 radical (unpaired) electrons. The summed E-state index contributed by atoms with van der Waals surface area (Å²) in [7, 11) is 7.80. The SMILES string of the molecule is CCC(C)(C(=O)c1c(Cl)cnn1CCN(C)C)N(C)C. The highest BCUT2D eigenvalue weighted by atomic mass is 35.5. The van der Waals surface area contributed by atoms with Crippen molar-refractivity contribution in [1.29, 1.82) is 0 Å². The predicted octanol–water partition coefficient (Wildman–Crippen LogP) is 2.01. The molecule has 0 N–H and O–H groups in total. The molecule has 0 aliphatic rings. The van der Waals surface area contributed by atoms with Gasteiger partial charge in [0, 0.05) is 6.54 Å². The Kier molecular flexibility index (Phi) is 5.74. The Labute approximate surface area is 126 Å². The van der Waals surface area contributed by atoms with Crippen LogP contribution in [0, 0.1) is 0 Å². The standard InChI is InChI=1S/C14H25ClN4O/c1-7-14(2,18(5)6)13(20)12-11(15)10-16-19(12)9-8-17(3)4/h10H,7-9H2,1-6H3. The highest BCUT2D eigenvalue weighted by Crippen LogP contribution is 2.26. The summed E-state index contributed by atoms with van der Waals surface area (Å²) in [6.07, 6.45) is 2.27. The van der Waals surface area contributed by atoms with Crippen molar-refractivity contribution >= 4 is 17.4 Å². The Balaban J connectivity index is 3.12. The van der Waals surface area contributed by atoms with Gasteiger partial charge in [0.25, 0.3) is 0 Å². The monoisotopic (exact) mass is 300 g/mol. The largest absolute Gasteiger partial charge is 0.308 e. The van der Waals surface area contributed by atoms with Gasteiger partial charge in [-0.2, -0.15) is 5.10 Å². The van der Waals surface area contributed by atoms with E-state index in [4.69, 9.17) is 11.6 Å². The van der Waals surface area contributed by atoms with E-state index in [0.717, 1.165) is 6.54 Å². The first-order chi connectivity index (χ1) is 9.24. The lowest BCUT2D eigenvalue weighted by molar-refractivity contribution is 0.0698. The van der Waals surface area contributed by atoms with Gasteiger partial charge in [-0.25, -0.2) is 0 Å². The van der Waals surface area contributed by atoms with Crippen LogP contribution >= 0.6 is 11.6 Å². The number of carbonyl (C=O) groups excluding carboxylic acids is 1. The molecule has 0 saturated heterocycles. The van der Waals surface area contributed by atoms with Crippen molar-refractivity contribution in [2.24, 2.45) is 0 Å². The van der Waals surface area contributed by atoms with Gasteiger partial charge >= 0.3 is 0 Å². The molecule has 1 aromatic rings. The quantitative estimate of drug-likeness (QED) is 0.722. The molecule has 114 valence electrons. The molecule has 20 heavy (non-hydrogen) atoms. The lowest BCUT2D eigenvalue weighted by atomic mass is 9.90. The smallest absolute Gasteiger partial charge is 0.202 e. The molecule has 1 aromatic heterocycles. The van der Waals surface area contributed by atoms with Crippen LogP contribution in [0.4, 0.5) is 0 Å². The van der Waals surface area contributed by atoms with E-state index in [1.165, 1.54) is 0 Å². The van der Waals surface area contributed by atoms with E-state index in [2.05, 4.69) is 10.00 Å². The average Bonchev–Trinajstić information content (AvgIpc) is 2.75. The van der Waals surface area contributed by atoms with Gasteiger partial charge < -0.3 is 4.90 Å². The van der Waals surface area contributed by atoms with Crippen molar-refractivity contribution in [3.63, 3.8) is 0 Å². The van der Waals surface area contributed by atoms with E-state index in [1.807, 2.05) is 46.9 Å². The van der Waals surface area contributed by atoms with E-state index in [-0.39, 0.29) is 5.78 Å². The molecular formula is C14H25ClN4O. The molecular weight excluding hydrogens is 276 g/mol. The molecule has 0 aliphatic carbocycles. The van der Waals surface area contributed by atoms with Crippen LogP contribution in [0.1, 0.15) is 30.8 Å². The van der Waals surface area contributed by atoms with E-state index in [1.54, 1.807) is 10.9 Å². The summed E-state index contributed by atoms with van der Waals surface area (Å²) in [5.74, 6) is 0.0197. The first-order valence-electron chi connectivity index (χ1n) is 6.82. The Bertz CT molecular complexity index is 470. The Hall–Kier alpha value is -0.910. The summed E-state index contributed by atoms with van der Waals surface area (Å²) in [6.45, 7) is 5.40. The van der Waals surface area contributed by atoms with Gasteiger partial charge in [0.05, 0.1) is 23.3 Å². The van der Waals surface area contributed by atoms with Gasteiger partial charge in [0.1, 0.15) is 5.69 Å². The number of aromatic nitrogens is 2. The number of hydrogen-bond donors (Lipinski definition) is 0. The molecule has 1 atom stereocenters. The van der Waals surface area contributed by atoms with Crippen molar-refractivity contribution in [3.05, 3.63) is 16.9 Å². The van der Waals surface area contributed by atoms with Crippen molar-refractivity contribution in [3.8, 4) is 0 Å². The van der Waals surface area contributed by atoms with Crippen LogP contribution < -0.4 is 0 Å². The molecule has 0 aromatic carbocycles. The number of likely N-dealkylation sites (N-methyl/N-ethyl adjacent to an activating group) is 2. The van der Waals surface area contributed by atoms with E-state index < -0.39 is 5.54 Å². The second-order valence-electron chi connectivity index (χ2n) is 5.72. The van der Waals surface area contributed by atoms with Gasteiger partial charge in [0.2, 0.25) is 5.78 Å². The second-order valence-corrected chi connectivity index (χ2v) is 6.13. The lowest BCUT2D eigenvalue weighted by Gasteiger charge is -2.34. The third-order valence-electron chi connectivity index (χ3n) is 3.93. The summed E-state index contributed by atoms with van der Waals surface area (Å²) < 4.78 is 1.71. The maximum absolute atomic E-state index is 12.9. The van der Waals surface area contributed by atoms with Crippen molar-refractivity contribution in [1.82, 2.24) is 19.6 Å². The highest BCUT2D eigenvalue weighted by molar-refractivity contribution is 6.34. The third kappa shape index (κ3) is 3.40. The molecule has 0 saturated carbocycles. The van der Waals surface area contributed by atoms with Crippen molar-refractivity contribution < 1.29 is 4.79 Å². The van der Waals surface area contributed by atoms with Crippen LogP contribution in [0.15, 0.2) is 6.20 Å². The predicted molar refractivity (Wildman–Crippen MR) is 82.5 cm³/mol. The molecule has 1 unspecified atom stereocenters. The molecule has 0 amide bonds. The Morgan fingerprint density at radius 3 is 2.45 bits per heavy atom. The Morgan fingerprint density at radius 2 is 2.00 bits per heavy atom. The molecule has 1 heterocycles. The van der Waals surface area contributed by atoms with Crippen molar-refractivity contribution in [2.45, 2.75) is 32.4 Å². The molecule has 0 bridgehead atoms. The molecule has 6 heteroatoms. The van der Waals surface area contributed by atoms with Gasteiger partial charge in [-0.1, -0.05) is 18.5 Å². The van der Waals surface area contributed by atoms with Crippen molar-refractivity contribution in [2.75, 3.05) is 34.7 Å². The minimum atomic E-state index is -0.570. The van der Waals surface area contributed by atoms with Crippen LogP contribution in [0.5, 0.6) is 0 Å². The maximum Gasteiger partial charge on any atom is 0.202 e. The van der Waals surface area contributed by atoms with E-state index in [9.17, 15) is 4.79 Å². The first-order valence-corrected chi connectivity index (χ1v) is 7.20. The lowest BCUT2D eigenvalue weighted by Crippen LogP contribution is -2.48. The first kappa shape index (κ1) is 17.1. The fourth-order valence-corrected chi connectivity index (χ4v) is 2.21. The van der Waals surface area contributed by atoms with Crippen LogP contribution in [0.25, 0.3) is 0 Å². The van der Waals surface area contributed by atoms with Gasteiger partial charge in [-0.3, -0.25) is 14.4 Å². The fourth-order valence-electron chi connectivity index (χ4n) is 1.99. The summed E-state index contributed by atoms with van der Waals surface area (Å²) >= 11 is 6.19. The Morgan fingerprint density at radius 1 is 1.40 bits per heavy atom. The van der Waals surface area contributed by atoms with Crippen LogP contribution in [0.2, 0.25) is 5.02 Å². The summed E-state index contributed by atoms with van der Waals surface area (Å²) in [5, 5.41) is 4.66. The molecule has 5 nitrogen and oxygen atoms in total. The number of nitrogens with zero attached hydrogens (tertiary/aromatic N) is 4. The van der Waals surface area contributed by atoms with Gasteiger partial charge in [-0.05, 0) is 41.5 Å². The second kappa shape index (κ2) is 6.70. The zero-order valence-corrected chi connectivity index (χ0v) is 14.0. The minimum Gasteiger partial charge on any atom is -0.308 e. The number of rotatable bonds is 7. The number of hydrogen-bond acceptors (Lipinski definition) is 4. The van der Waals surface area contributed by atoms with E-state index in [0.29, 0.717) is 23.7 Å². The highest BCUT2D eigenvalue weighted by Gasteiger charge is 2.37. The normalized spacial score (nSPS) is 14.8. The summed E-state index contributed by atoms with van der Waals surface area (Å²) in [6, 6.07) is 0. The molecule has 1 rings (SSSR count). The third-order valence-corrected chi connectivity index (χ3v) is 4.21. The van der Waals surface area contributed by atoms with Gasteiger partial charge in [0.15, 0.2) is 0 Å². The summed E-state index contributed by atoms with van der Waals surface area (Å²) in [5.41, 5.74) is -0.0638. The number of carbonyl (C=O) groups is 1. The topological polar surface area (TPSA) is 41.4 Å². The summed E-state index contributed by atoms with van der Waals surface area (Å²) in [4.78, 5) is 16.9. The number of Topliss-reactive ketones (excluding diaryl/α,β-unsaturated/α-hetero) is 1. The molecule has 0 aliphatic heterocycles. The van der Waals surface area contributed by atoms with Gasteiger partial charge in [-0.15, -0.1) is 0 Å². The van der Waals surface area contributed by atoms with E-state index >= 15 is 0 Å². The minimum absolute atomic E-state index is 0.0197. The number of ketones is 1. The maximum atomic E-state index is 12.9. The fraction of sp³-hybridized carbons (Fsp3) is 0.714.